The summed E-state index contributed by atoms with van der Waals surface area (Å²) in [4.78, 5) is 26.0. The Morgan fingerprint density at radius 3 is 2.79 bits per heavy atom. The third kappa shape index (κ3) is 3.68. The second kappa shape index (κ2) is 9.48. The van der Waals surface area contributed by atoms with Gasteiger partial charge in [-0.15, -0.1) is 0 Å². The number of aromatic nitrogens is 1. The molecule has 7 rings (SSSR count). The van der Waals surface area contributed by atoms with Crippen LogP contribution in [0.2, 0.25) is 0 Å². The summed E-state index contributed by atoms with van der Waals surface area (Å²) in [5, 5.41) is 22.1. The molecule has 4 fully saturated rings. The summed E-state index contributed by atoms with van der Waals surface area (Å²) < 4.78 is 15.4. The SMILES string of the molecule is Cn1c(Cc2cccc(N)c2)ccc1[C@@H]1O[C@@H]2C[C@H]3[C@@H]4CCC5=CC(=O)C=C[C@]5(C)[C@H]4[C@@H](O)C[C@]3(C)[C@]2(C(=O)CO)O1. The monoisotopic (exact) mass is 572 g/mol. The zero-order valence-electron chi connectivity index (χ0n) is 24.5. The smallest absolute Gasteiger partial charge is 0.200 e. The van der Waals surface area contributed by atoms with Crippen molar-refractivity contribution in [1.29, 1.82) is 0 Å². The summed E-state index contributed by atoms with van der Waals surface area (Å²) in [5.41, 5.74) is 8.25. The number of nitrogens with zero attached hydrogens (tertiary/aromatic N) is 1. The first kappa shape index (κ1) is 27.8. The highest BCUT2D eigenvalue weighted by Crippen LogP contribution is 2.70. The average molecular weight is 573 g/mol. The topological polar surface area (TPSA) is 124 Å². The summed E-state index contributed by atoms with van der Waals surface area (Å²) in [6.07, 6.45) is 6.61. The van der Waals surface area contributed by atoms with E-state index in [0.29, 0.717) is 24.9 Å². The van der Waals surface area contributed by atoms with Gasteiger partial charge in [-0.1, -0.05) is 37.6 Å². The Morgan fingerprint density at radius 2 is 2.02 bits per heavy atom. The Bertz CT molecular complexity index is 1530. The Balaban J connectivity index is 1.21. The van der Waals surface area contributed by atoms with Gasteiger partial charge in [-0.05, 0) is 79.5 Å². The number of hydrogen-bond donors (Lipinski definition) is 3. The number of Topliss-reactive ketones (excluding diaryl/α,β-unsaturated/α-hetero) is 1. The standard InChI is InChI=1S/C34H40N2O6/c1-32-12-11-23(38)15-20(32)7-9-24-25-16-29-34(28(40)18-37,33(25,2)17-27(39)30(24)32)42-31(41-29)26-10-8-22(36(26)3)14-19-5-4-6-21(35)13-19/h4-6,8,10-13,15,24-25,27,29-31,37,39H,7,9,14,16-18,35H2,1-3H3/t24-,25-,27-,29+,30+,31+,32-,33-,34+/m0/s1. The molecule has 0 radical (unpaired) electrons. The fourth-order valence-corrected chi connectivity index (χ4v) is 9.72. The van der Waals surface area contributed by atoms with Crippen molar-refractivity contribution in [3.8, 4) is 0 Å². The van der Waals surface area contributed by atoms with Crippen LogP contribution in [0.15, 0.2) is 60.2 Å². The molecule has 2 heterocycles. The normalized spacial score (nSPS) is 40.2. The number of carbonyl (C=O) groups is 2. The highest BCUT2D eigenvalue weighted by atomic mass is 16.7. The minimum absolute atomic E-state index is 0.00327. The molecule has 8 heteroatoms. The lowest BCUT2D eigenvalue weighted by Gasteiger charge is -2.59. The number of benzene rings is 1. The second-order valence-electron chi connectivity index (χ2n) is 13.6. The predicted octanol–water partition coefficient (Wildman–Crippen LogP) is 3.80. The molecule has 1 saturated heterocycles. The molecule has 9 atom stereocenters. The molecule has 4 N–H and O–H groups in total. The molecule has 42 heavy (non-hydrogen) atoms. The first-order valence-corrected chi connectivity index (χ1v) is 15.1. The van der Waals surface area contributed by atoms with E-state index < -0.39 is 41.5 Å². The van der Waals surface area contributed by atoms with Gasteiger partial charge >= 0.3 is 0 Å². The van der Waals surface area contributed by atoms with Crippen molar-refractivity contribution in [2.24, 2.45) is 35.6 Å². The van der Waals surface area contributed by atoms with Gasteiger partial charge in [0.05, 0.1) is 17.9 Å². The summed E-state index contributed by atoms with van der Waals surface area (Å²) in [5.74, 6) is -0.269. The third-order valence-electron chi connectivity index (χ3n) is 11.6. The number of fused-ring (bicyclic) bond motifs is 7. The second-order valence-corrected chi connectivity index (χ2v) is 13.6. The number of aliphatic hydroxyl groups excluding tert-OH is 2. The van der Waals surface area contributed by atoms with E-state index in [-0.39, 0.29) is 29.3 Å². The largest absolute Gasteiger partial charge is 0.399 e. The molecular weight excluding hydrogens is 532 g/mol. The fraction of sp³-hybridized carbons (Fsp3) is 0.529. The predicted molar refractivity (Wildman–Crippen MR) is 156 cm³/mol. The molecule has 0 amide bonds. The van der Waals surface area contributed by atoms with Crippen LogP contribution in [0.5, 0.6) is 0 Å². The minimum Gasteiger partial charge on any atom is -0.399 e. The molecule has 5 aliphatic rings. The van der Waals surface area contributed by atoms with Crippen LogP contribution < -0.4 is 5.73 Å². The Hall–Kier alpha value is -3.04. The molecule has 0 unspecified atom stereocenters. The van der Waals surface area contributed by atoms with Crippen molar-refractivity contribution in [1.82, 2.24) is 4.57 Å². The van der Waals surface area contributed by atoms with Crippen molar-refractivity contribution >= 4 is 17.3 Å². The van der Waals surface area contributed by atoms with Gasteiger partial charge in [0, 0.05) is 41.6 Å². The van der Waals surface area contributed by atoms with Gasteiger partial charge < -0.3 is 30.0 Å². The molecule has 1 aromatic heterocycles. The maximum Gasteiger partial charge on any atom is 0.200 e. The molecule has 1 aromatic carbocycles. The van der Waals surface area contributed by atoms with Gasteiger partial charge in [0.1, 0.15) is 6.61 Å². The van der Waals surface area contributed by atoms with E-state index in [1.807, 2.05) is 54.1 Å². The van der Waals surface area contributed by atoms with E-state index in [1.165, 1.54) is 0 Å². The van der Waals surface area contributed by atoms with Gasteiger partial charge in [-0.2, -0.15) is 0 Å². The number of ketones is 2. The van der Waals surface area contributed by atoms with Crippen molar-refractivity contribution in [2.75, 3.05) is 12.3 Å². The molecule has 222 valence electrons. The van der Waals surface area contributed by atoms with Crippen LogP contribution in [0.3, 0.4) is 0 Å². The maximum atomic E-state index is 13.8. The number of hydrogen-bond acceptors (Lipinski definition) is 7. The van der Waals surface area contributed by atoms with Crippen LogP contribution >= 0.6 is 0 Å². The van der Waals surface area contributed by atoms with E-state index in [1.54, 1.807) is 12.2 Å². The molecule has 8 nitrogen and oxygen atoms in total. The van der Waals surface area contributed by atoms with Crippen molar-refractivity contribution in [2.45, 2.75) is 70.1 Å². The molecule has 0 spiro atoms. The molecule has 0 bridgehead atoms. The number of aliphatic hydroxyl groups is 2. The summed E-state index contributed by atoms with van der Waals surface area (Å²) in [6.45, 7) is 3.54. The number of ether oxygens (including phenoxy) is 2. The number of rotatable bonds is 5. The van der Waals surface area contributed by atoms with Crippen LogP contribution in [0.1, 0.15) is 62.8 Å². The Kier molecular flexibility index (Phi) is 6.27. The number of allylic oxidation sites excluding steroid dienone is 4. The fourth-order valence-electron chi connectivity index (χ4n) is 9.72. The maximum absolute atomic E-state index is 13.8. The first-order chi connectivity index (χ1) is 20.0. The van der Waals surface area contributed by atoms with E-state index in [0.717, 1.165) is 35.4 Å². The van der Waals surface area contributed by atoms with Gasteiger partial charge in [0.25, 0.3) is 0 Å². The Morgan fingerprint density at radius 1 is 1.21 bits per heavy atom. The lowest BCUT2D eigenvalue weighted by Crippen LogP contribution is -2.63. The number of nitrogen functional groups attached to an aromatic ring is 1. The molecule has 1 aliphatic heterocycles. The van der Waals surface area contributed by atoms with Gasteiger partial charge in [-0.25, -0.2) is 0 Å². The number of carbonyl (C=O) groups excluding carboxylic acids is 2. The highest BCUT2D eigenvalue weighted by molar-refractivity contribution is 6.01. The van der Waals surface area contributed by atoms with E-state index in [9.17, 15) is 19.8 Å². The number of nitrogens with two attached hydrogens (primary N) is 1. The van der Waals surface area contributed by atoms with E-state index in [2.05, 4.69) is 13.8 Å². The van der Waals surface area contributed by atoms with Crippen molar-refractivity contribution in [3.63, 3.8) is 0 Å². The molecule has 3 saturated carbocycles. The molecule has 2 aromatic rings. The molecule has 4 aliphatic carbocycles. The number of anilines is 1. The average Bonchev–Trinajstić information content (AvgIpc) is 3.58. The van der Waals surface area contributed by atoms with Crippen LogP contribution in [0, 0.1) is 28.6 Å². The van der Waals surface area contributed by atoms with Crippen molar-refractivity contribution in [3.05, 3.63) is 77.2 Å². The van der Waals surface area contributed by atoms with E-state index in [4.69, 9.17) is 15.2 Å². The quantitative estimate of drug-likeness (QED) is 0.466. The van der Waals surface area contributed by atoms with Crippen molar-refractivity contribution < 1.29 is 29.3 Å². The van der Waals surface area contributed by atoms with Gasteiger partial charge in [0.2, 0.25) is 6.29 Å². The van der Waals surface area contributed by atoms with E-state index >= 15 is 0 Å². The highest BCUT2D eigenvalue weighted by Gasteiger charge is 2.76. The van der Waals surface area contributed by atoms with Crippen LogP contribution in [0.4, 0.5) is 5.69 Å². The summed E-state index contributed by atoms with van der Waals surface area (Å²) in [7, 11) is 1.97. The molecular formula is C34H40N2O6. The zero-order valence-corrected chi connectivity index (χ0v) is 24.5. The first-order valence-electron chi connectivity index (χ1n) is 15.1. The van der Waals surface area contributed by atoms with Gasteiger partial charge in [-0.3, -0.25) is 9.59 Å². The summed E-state index contributed by atoms with van der Waals surface area (Å²) >= 11 is 0. The minimum atomic E-state index is -1.36. The van der Waals surface area contributed by atoms with Gasteiger partial charge in [0.15, 0.2) is 17.2 Å². The Labute approximate surface area is 246 Å². The van der Waals surface area contributed by atoms with Crippen LogP contribution in [0.25, 0.3) is 0 Å². The summed E-state index contributed by atoms with van der Waals surface area (Å²) in [6, 6.07) is 11.8. The third-order valence-corrected chi connectivity index (χ3v) is 11.6. The lowest BCUT2D eigenvalue weighted by molar-refractivity contribution is -0.202. The zero-order chi connectivity index (χ0) is 29.6. The lowest BCUT2D eigenvalue weighted by atomic mass is 9.46. The van der Waals surface area contributed by atoms with Crippen LogP contribution in [-0.4, -0.2) is 50.8 Å². The van der Waals surface area contributed by atoms with Crippen LogP contribution in [-0.2, 0) is 32.5 Å².